The zero-order valence-corrected chi connectivity index (χ0v) is 15.3. The Morgan fingerprint density at radius 3 is 2.38 bits per heavy atom. The van der Waals surface area contributed by atoms with Crippen LogP contribution in [0.5, 0.6) is 0 Å². The molecule has 0 aliphatic heterocycles. The van der Waals surface area contributed by atoms with Crippen molar-refractivity contribution in [2.24, 2.45) is 5.92 Å². The van der Waals surface area contributed by atoms with Gasteiger partial charge >= 0.3 is 0 Å². The molecule has 1 rings (SSSR count). The average molecular weight is 333 g/mol. The van der Waals surface area contributed by atoms with Crippen molar-refractivity contribution in [3.63, 3.8) is 0 Å². The van der Waals surface area contributed by atoms with Crippen LogP contribution < -0.4 is 10.0 Å². The molecule has 4 nitrogen and oxygen atoms in total. The summed E-state index contributed by atoms with van der Waals surface area (Å²) in [6, 6.07) is 1.76. The topological polar surface area (TPSA) is 58.2 Å². The van der Waals surface area contributed by atoms with Crippen LogP contribution in [-0.4, -0.2) is 21.0 Å². The lowest BCUT2D eigenvalue weighted by atomic mass is 9.96. The molecule has 1 aromatic rings. The van der Waals surface area contributed by atoms with E-state index in [1.807, 2.05) is 20.8 Å². The Hall–Kier alpha value is -0.430. The molecule has 21 heavy (non-hydrogen) atoms. The number of hydrogen-bond acceptors (Lipinski definition) is 4. The van der Waals surface area contributed by atoms with Crippen molar-refractivity contribution in [2.45, 2.75) is 64.9 Å². The molecule has 6 heteroatoms. The smallest absolute Gasteiger partial charge is 0.241 e. The summed E-state index contributed by atoms with van der Waals surface area (Å²) in [6.45, 7) is 11.7. The van der Waals surface area contributed by atoms with Gasteiger partial charge in [0.05, 0.1) is 4.90 Å². The van der Waals surface area contributed by atoms with Crippen molar-refractivity contribution in [1.29, 1.82) is 0 Å². The monoisotopic (exact) mass is 332 g/mol. The highest BCUT2D eigenvalue weighted by Crippen LogP contribution is 2.26. The summed E-state index contributed by atoms with van der Waals surface area (Å²) in [5.41, 5.74) is 0. The van der Waals surface area contributed by atoms with Gasteiger partial charge in [-0.3, -0.25) is 0 Å². The lowest BCUT2D eigenvalue weighted by molar-refractivity contribution is 0.390. The molecule has 0 saturated carbocycles. The van der Waals surface area contributed by atoms with Gasteiger partial charge in [0.25, 0.3) is 0 Å². The van der Waals surface area contributed by atoms with Crippen molar-refractivity contribution in [3.8, 4) is 0 Å². The lowest BCUT2D eigenvalue weighted by Gasteiger charge is -2.22. The molecule has 0 bridgehead atoms. The van der Waals surface area contributed by atoms with Gasteiger partial charge < -0.3 is 5.32 Å². The number of nitrogens with one attached hydrogen (secondary N) is 2. The summed E-state index contributed by atoms with van der Waals surface area (Å²) in [5, 5.41) is 3.23. The van der Waals surface area contributed by atoms with Crippen LogP contribution in [0.2, 0.25) is 0 Å². The highest BCUT2D eigenvalue weighted by atomic mass is 32.2. The molecule has 1 unspecified atom stereocenters. The van der Waals surface area contributed by atoms with Crippen molar-refractivity contribution >= 4 is 21.4 Å². The van der Waals surface area contributed by atoms with E-state index in [1.165, 1.54) is 0 Å². The fourth-order valence-electron chi connectivity index (χ4n) is 2.53. The molecule has 2 N–H and O–H groups in total. The first-order valence-corrected chi connectivity index (χ1v) is 9.97. The first-order valence-electron chi connectivity index (χ1n) is 7.68. The minimum absolute atomic E-state index is 0.0403. The zero-order valence-electron chi connectivity index (χ0n) is 13.7. The molecule has 1 atom stereocenters. The lowest BCUT2D eigenvalue weighted by Crippen LogP contribution is -2.37. The van der Waals surface area contributed by atoms with Gasteiger partial charge in [0.1, 0.15) is 0 Å². The fraction of sp³-hybridized carbons (Fsp3) is 0.733. The maximum absolute atomic E-state index is 12.6. The molecule has 0 fully saturated rings. The maximum Gasteiger partial charge on any atom is 0.241 e. The first kappa shape index (κ1) is 18.6. The Balaban J connectivity index is 2.89. The van der Waals surface area contributed by atoms with E-state index in [4.69, 9.17) is 0 Å². The van der Waals surface area contributed by atoms with Crippen LogP contribution in [0.4, 0.5) is 0 Å². The van der Waals surface area contributed by atoms with Crippen LogP contribution in [0.25, 0.3) is 0 Å². The van der Waals surface area contributed by atoms with E-state index >= 15 is 0 Å². The van der Waals surface area contributed by atoms with E-state index in [-0.39, 0.29) is 6.04 Å². The molecule has 0 spiro atoms. The van der Waals surface area contributed by atoms with Crippen LogP contribution in [-0.2, 0) is 16.6 Å². The van der Waals surface area contributed by atoms with Crippen molar-refractivity contribution in [2.75, 3.05) is 6.54 Å². The van der Waals surface area contributed by atoms with E-state index in [0.717, 1.165) is 35.7 Å². The van der Waals surface area contributed by atoms with E-state index < -0.39 is 10.0 Å². The largest absolute Gasteiger partial charge is 0.312 e. The second kappa shape index (κ2) is 8.27. The summed E-state index contributed by atoms with van der Waals surface area (Å²) in [7, 11) is -3.43. The van der Waals surface area contributed by atoms with E-state index in [2.05, 4.69) is 23.9 Å². The SMILES string of the molecule is CCNCc1cc(S(=O)(=O)NC(C)C(CC)CC)c(C)s1. The van der Waals surface area contributed by atoms with Gasteiger partial charge in [-0.25, -0.2) is 13.1 Å². The summed E-state index contributed by atoms with van der Waals surface area (Å²) in [6.07, 6.45) is 1.96. The van der Waals surface area contributed by atoms with E-state index in [0.29, 0.717) is 10.8 Å². The maximum atomic E-state index is 12.6. The second-order valence-electron chi connectivity index (χ2n) is 5.40. The third-order valence-corrected chi connectivity index (χ3v) is 6.72. The molecule has 0 amide bonds. The predicted molar refractivity (Wildman–Crippen MR) is 90.3 cm³/mol. The Morgan fingerprint density at radius 1 is 1.24 bits per heavy atom. The normalized spacial score (nSPS) is 13.8. The van der Waals surface area contributed by atoms with Gasteiger partial charge in [-0.2, -0.15) is 0 Å². The molecular formula is C15H28N2O2S2. The average Bonchev–Trinajstić information content (AvgIpc) is 2.79. The fourth-order valence-corrected chi connectivity index (χ4v) is 5.44. The predicted octanol–water partition coefficient (Wildman–Crippen LogP) is 3.27. The van der Waals surface area contributed by atoms with Gasteiger partial charge in [-0.1, -0.05) is 33.6 Å². The van der Waals surface area contributed by atoms with Crippen LogP contribution >= 0.6 is 11.3 Å². The van der Waals surface area contributed by atoms with Gasteiger partial charge in [0.2, 0.25) is 10.0 Å². The van der Waals surface area contributed by atoms with Gasteiger partial charge in [-0.15, -0.1) is 11.3 Å². The number of sulfonamides is 1. The molecule has 0 aliphatic rings. The number of rotatable bonds is 9. The number of hydrogen-bond donors (Lipinski definition) is 2. The molecule has 0 saturated heterocycles. The van der Waals surface area contributed by atoms with E-state index in [1.54, 1.807) is 17.4 Å². The first-order chi connectivity index (χ1) is 9.85. The van der Waals surface area contributed by atoms with E-state index in [9.17, 15) is 8.42 Å². The Kier molecular flexibility index (Phi) is 7.33. The third-order valence-electron chi connectivity index (χ3n) is 3.86. The Morgan fingerprint density at radius 2 is 1.86 bits per heavy atom. The van der Waals surface area contributed by atoms with Crippen molar-refractivity contribution in [1.82, 2.24) is 10.0 Å². The molecule has 122 valence electrons. The van der Waals surface area contributed by atoms with Crippen molar-refractivity contribution < 1.29 is 8.42 Å². The highest BCUT2D eigenvalue weighted by Gasteiger charge is 2.24. The van der Waals surface area contributed by atoms with Crippen LogP contribution in [0.3, 0.4) is 0 Å². The summed E-state index contributed by atoms with van der Waals surface area (Å²) in [5.74, 6) is 0.375. The molecule has 0 aliphatic carbocycles. The minimum Gasteiger partial charge on any atom is -0.312 e. The highest BCUT2D eigenvalue weighted by molar-refractivity contribution is 7.89. The van der Waals surface area contributed by atoms with Gasteiger partial charge in [0.15, 0.2) is 0 Å². The van der Waals surface area contributed by atoms with Crippen molar-refractivity contribution in [3.05, 3.63) is 15.8 Å². The standard InChI is InChI=1S/C15H28N2O2S2/c1-6-13(7-2)11(4)17-21(18,19)15-9-14(10-16-8-3)20-12(15)5/h9,11,13,16-17H,6-8,10H2,1-5H3. The van der Waals surface area contributed by atoms with Crippen LogP contribution in [0.15, 0.2) is 11.0 Å². The molecule has 1 heterocycles. The van der Waals surface area contributed by atoms with Crippen LogP contribution in [0, 0.1) is 12.8 Å². The van der Waals surface area contributed by atoms with Crippen LogP contribution in [0.1, 0.15) is 50.3 Å². The Labute approximate surface area is 133 Å². The minimum atomic E-state index is -3.43. The third kappa shape index (κ3) is 5.06. The number of thiophene rings is 1. The van der Waals surface area contributed by atoms with Gasteiger partial charge in [-0.05, 0) is 32.4 Å². The molecule has 0 aromatic carbocycles. The van der Waals surface area contributed by atoms with Gasteiger partial charge in [0, 0.05) is 22.3 Å². The summed E-state index contributed by atoms with van der Waals surface area (Å²) >= 11 is 1.55. The number of aryl methyl sites for hydroxylation is 1. The zero-order chi connectivity index (χ0) is 16.0. The Bertz CT molecular complexity index is 534. The molecular weight excluding hydrogens is 304 g/mol. The summed E-state index contributed by atoms with van der Waals surface area (Å²) < 4.78 is 28.0. The molecule has 1 aromatic heterocycles. The summed E-state index contributed by atoms with van der Waals surface area (Å²) in [4.78, 5) is 2.34. The quantitative estimate of drug-likeness (QED) is 0.730. The molecule has 0 radical (unpaired) electrons. The second-order valence-corrected chi connectivity index (χ2v) is 8.42.